The Morgan fingerprint density at radius 2 is 1.89 bits per heavy atom. The molecule has 1 aliphatic heterocycles. The number of hydrogen-bond donors (Lipinski definition) is 3. The van der Waals surface area contributed by atoms with Crippen LogP contribution in [0, 0.1) is 11.3 Å². The molecule has 146 valence electrons. The molecule has 0 saturated carbocycles. The largest absolute Gasteiger partial charge is 0.497 e. The third-order valence-corrected chi connectivity index (χ3v) is 5.48. The molecule has 0 spiro atoms. The molecule has 6 nitrogen and oxygen atoms in total. The number of anilines is 1. The maximum atomic E-state index is 12.6. The number of carbonyl (C=O) groups is 1. The molecule has 1 fully saturated rings. The molecular weight excluding hydrogens is 352 g/mol. The SMILES string of the molecule is COc1ccc(C[NH+]2CC[NH+]([C@@H](C)C(=O)Nc3cccc(C#N)c3)CC2)cc1. The van der Waals surface area contributed by atoms with E-state index in [-0.39, 0.29) is 11.9 Å². The van der Waals surface area contributed by atoms with Gasteiger partial charge in [-0.05, 0) is 49.4 Å². The van der Waals surface area contributed by atoms with Crippen molar-refractivity contribution in [3.05, 3.63) is 59.7 Å². The molecule has 1 heterocycles. The van der Waals surface area contributed by atoms with E-state index < -0.39 is 0 Å². The van der Waals surface area contributed by atoms with Crippen LogP contribution in [0.3, 0.4) is 0 Å². The summed E-state index contributed by atoms with van der Waals surface area (Å²) in [6.07, 6.45) is 0. The Hall–Kier alpha value is -2.88. The summed E-state index contributed by atoms with van der Waals surface area (Å²) in [4.78, 5) is 15.5. The highest BCUT2D eigenvalue weighted by Crippen LogP contribution is 2.11. The van der Waals surface area contributed by atoms with Gasteiger partial charge in [-0.15, -0.1) is 0 Å². The van der Waals surface area contributed by atoms with Gasteiger partial charge in [-0.25, -0.2) is 0 Å². The van der Waals surface area contributed by atoms with E-state index in [2.05, 4.69) is 23.5 Å². The molecule has 6 heteroatoms. The number of amides is 1. The van der Waals surface area contributed by atoms with E-state index in [0.29, 0.717) is 11.3 Å². The monoisotopic (exact) mass is 380 g/mol. The van der Waals surface area contributed by atoms with Gasteiger partial charge in [0.25, 0.3) is 5.91 Å². The number of quaternary nitrogens is 2. The average molecular weight is 380 g/mol. The van der Waals surface area contributed by atoms with Crippen molar-refractivity contribution >= 4 is 11.6 Å². The Kier molecular flexibility index (Phi) is 6.64. The van der Waals surface area contributed by atoms with Crippen LogP contribution in [0.25, 0.3) is 0 Å². The van der Waals surface area contributed by atoms with Crippen molar-refractivity contribution in [2.75, 3.05) is 38.6 Å². The van der Waals surface area contributed by atoms with Gasteiger partial charge in [0.05, 0.1) is 18.7 Å². The first kappa shape index (κ1) is 19.9. The summed E-state index contributed by atoms with van der Waals surface area (Å²) in [6.45, 7) is 7.01. The predicted octanol–water partition coefficient (Wildman–Crippen LogP) is -0.123. The van der Waals surface area contributed by atoms with Crippen LogP contribution in [0.5, 0.6) is 5.75 Å². The standard InChI is InChI=1S/C22H26N4O2/c1-17(22(27)24-20-5-3-4-19(14-20)15-23)26-12-10-25(11-13-26)16-18-6-8-21(28-2)9-7-18/h3-9,14,17H,10-13,16H2,1-2H3,(H,24,27)/p+2/t17-/m0/s1. The van der Waals surface area contributed by atoms with Crippen molar-refractivity contribution in [1.82, 2.24) is 0 Å². The molecule has 1 saturated heterocycles. The second kappa shape index (κ2) is 9.36. The number of nitrogens with zero attached hydrogens (tertiary/aromatic N) is 1. The molecule has 2 aromatic rings. The van der Waals surface area contributed by atoms with E-state index in [1.165, 1.54) is 10.5 Å². The number of methoxy groups -OCH3 is 1. The molecule has 3 rings (SSSR count). The molecule has 0 aromatic heterocycles. The van der Waals surface area contributed by atoms with E-state index in [1.54, 1.807) is 30.2 Å². The van der Waals surface area contributed by atoms with Gasteiger partial charge in [-0.3, -0.25) is 4.79 Å². The van der Waals surface area contributed by atoms with Crippen molar-refractivity contribution in [3.8, 4) is 11.8 Å². The third-order valence-electron chi connectivity index (χ3n) is 5.48. The second-order valence-electron chi connectivity index (χ2n) is 7.34. The van der Waals surface area contributed by atoms with Crippen molar-refractivity contribution < 1.29 is 19.3 Å². The number of nitriles is 1. The van der Waals surface area contributed by atoms with Crippen molar-refractivity contribution in [1.29, 1.82) is 5.26 Å². The lowest BCUT2D eigenvalue weighted by Gasteiger charge is -2.32. The fourth-order valence-electron chi connectivity index (χ4n) is 3.67. The summed E-state index contributed by atoms with van der Waals surface area (Å²) in [5.74, 6) is 0.886. The minimum atomic E-state index is -0.117. The second-order valence-corrected chi connectivity index (χ2v) is 7.34. The zero-order chi connectivity index (χ0) is 19.9. The van der Waals surface area contributed by atoms with Gasteiger partial charge >= 0.3 is 0 Å². The molecule has 1 amide bonds. The van der Waals surface area contributed by atoms with E-state index in [1.807, 2.05) is 25.1 Å². The Morgan fingerprint density at radius 1 is 1.18 bits per heavy atom. The first-order valence-corrected chi connectivity index (χ1v) is 9.71. The minimum absolute atomic E-state index is 0.00342. The lowest BCUT2D eigenvalue weighted by atomic mass is 10.1. The van der Waals surface area contributed by atoms with Crippen LogP contribution in [0.4, 0.5) is 5.69 Å². The number of hydrogen-bond acceptors (Lipinski definition) is 3. The highest BCUT2D eigenvalue weighted by molar-refractivity contribution is 5.93. The van der Waals surface area contributed by atoms with Crippen molar-refractivity contribution in [2.24, 2.45) is 0 Å². The summed E-state index contributed by atoms with van der Waals surface area (Å²) in [7, 11) is 1.68. The molecule has 0 bridgehead atoms. The highest BCUT2D eigenvalue weighted by atomic mass is 16.5. The smallest absolute Gasteiger partial charge is 0.282 e. The van der Waals surface area contributed by atoms with Gasteiger partial charge < -0.3 is 19.9 Å². The van der Waals surface area contributed by atoms with Crippen LogP contribution < -0.4 is 19.9 Å². The van der Waals surface area contributed by atoms with E-state index >= 15 is 0 Å². The molecular formula is C22H28N4O2+2. The van der Waals surface area contributed by atoms with Crippen LogP contribution >= 0.6 is 0 Å². The highest BCUT2D eigenvalue weighted by Gasteiger charge is 2.31. The molecule has 28 heavy (non-hydrogen) atoms. The zero-order valence-electron chi connectivity index (χ0n) is 16.5. The first-order chi connectivity index (χ1) is 13.6. The molecule has 1 aliphatic rings. The number of ether oxygens (including phenoxy) is 1. The number of carbonyl (C=O) groups excluding carboxylic acids is 1. The number of nitrogens with one attached hydrogen (secondary N) is 3. The Labute approximate surface area is 166 Å². The van der Waals surface area contributed by atoms with Gasteiger partial charge in [-0.2, -0.15) is 5.26 Å². The van der Waals surface area contributed by atoms with Crippen LogP contribution in [0.2, 0.25) is 0 Å². The zero-order valence-corrected chi connectivity index (χ0v) is 16.5. The lowest BCUT2D eigenvalue weighted by Crippen LogP contribution is -3.29. The third kappa shape index (κ3) is 5.10. The van der Waals surface area contributed by atoms with Crippen molar-refractivity contribution in [2.45, 2.75) is 19.5 Å². The van der Waals surface area contributed by atoms with E-state index in [4.69, 9.17) is 10.00 Å². The number of rotatable bonds is 6. The summed E-state index contributed by atoms with van der Waals surface area (Å²) in [5, 5.41) is 11.9. The summed E-state index contributed by atoms with van der Waals surface area (Å²) in [6, 6.07) is 17.3. The lowest BCUT2D eigenvalue weighted by molar-refractivity contribution is -1.02. The molecule has 2 aromatic carbocycles. The topological polar surface area (TPSA) is 71.0 Å². The average Bonchev–Trinajstić information content (AvgIpc) is 2.74. The normalized spacial score (nSPS) is 20.0. The molecule has 3 N–H and O–H groups in total. The summed E-state index contributed by atoms with van der Waals surface area (Å²) in [5.41, 5.74) is 2.54. The molecule has 0 radical (unpaired) electrons. The van der Waals surface area contributed by atoms with Gasteiger partial charge in [0.1, 0.15) is 38.5 Å². The molecule has 0 unspecified atom stereocenters. The first-order valence-electron chi connectivity index (χ1n) is 9.71. The fraction of sp³-hybridized carbons (Fsp3) is 0.364. The number of benzene rings is 2. The fourth-order valence-corrected chi connectivity index (χ4v) is 3.67. The minimum Gasteiger partial charge on any atom is -0.497 e. The van der Waals surface area contributed by atoms with Gasteiger partial charge in [-0.1, -0.05) is 6.07 Å². The van der Waals surface area contributed by atoms with Crippen LogP contribution in [-0.4, -0.2) is 45.2 Å². The predicted molar refractivity (Wildman–Crippen MR) is 107 cm³/mol. The summed E-state index contributed by atoms with van der Waals surface area (Å²) < 4.78 is 5.21. The van der Waals surface area contributed by atoms with Crippen LogP contribution in [-0.2, 0) is 11.3 Å². The van der Waals surface area contributed by atoms with E-state index in [9.17, 15) is 4.79 Å². The van der Waals surface area contributed by atoms with Crippen LogP contribution in [0.15, 0.2) is 48.5 Å². The van der Waals surface area contributed by atoms with Gasteiger partial charge in [0.15, 0.2) is 6.04 Å². The Balaban J connectivity index is 1.49. The maximum absolute atomic E-state index is 12.6. The molecule has 1 atom stereocenters. The van der Waals surface area contributed by atoms with Crippen LogP contribution in [0.1, 0.15) is 18.1 Å². The maximum Gasteiger partial charge on any atom is 0.282 e. The quantitative estimate of drug-likeness (QED) is 0.654. The molecule has 0 aliphatic carbocycles. The summed E-state index contributed by atoms with van der Waals surface area (Å²) >= 11 is 0. The Morgan fingerprint density at radius 3 is 2.54 bits per heavy atom. The van der Waals surface area contributed by atoms with Crippen molar-refractivity contribution in [3.63, 3.8) is 0 Å². The van der Waals surface area contributed by atoms with Gasteiger partial charge in [0, 0.05) is 11.3 Å². The number of piperazine rings is 1. The van der Waals surface area contributed by atoms with E-state index in [0.717, 1.165) is 38.5 Å². The van der Waals surface area contributed by atoms with Gasteiger partial charge in [0.2, 0.25) is 0 Å². The Bertz CT molecular complexity index is 836.